The molecule has 5 nitrogen and oxygen atoms in total. The summed E-state index contributed by atoms with van der Waals surface area (Å²) < 4.78 is 11.5. The fraction of sp³-hybridized carbons (Fsp3) is 0.263. The van der Waals surface area contributed by atoms with Gasteiger partial charge in [-0.25, -0.2) is 0 Å². The first kappa shape index (κ1) is 15.2. The van der Waals surface area contributed by atoms with Gasteiger partial charge in [-0.15, -0.1) is 0 Å². The van der Waals surface area contributed by atoms with Crippen molar-refractivity contribution in [3.05, 3.63) is 48.2 Å². The normalized spacial score (nSPS) is 12.6. The van der Waals surface area contributed by atoms with Crippen LogP contribution >= 0.6 is 0 Å². The van der Waals surface area contributed by atoms with Crippen molar-refractivity contribution in [1.82, 2.24) is 5.32 Å². The molecule has 2 aromatic carbocycles. The summed E-state index contributed by atoms with van der Waals surface area (Å²) in [5.41, 5.74) is 2.81. The predicted molar refractivity (Wildman–Crippen MR) is 92.9 cm³/mol. The Morgan fingerprint density at radius 2 is 1.71 bits per heavy atom. The molecule has 2 aromatic heterocycles. The minimum absolute atomic E-state index is 0.130. The molecular formula is C19H19NO4. The fourth-order valence-corrected chi connectivity index (χ4v) is 2.95. The van der Waals surface area contributed by atoms with Crippen LogP contribution in [0.5, 0.6) is 0 Å². The summed E-state index contributed by atoms with van der Waals surface area (Å²) in [5.74, 6) is 0. The van der Waals surface area contributed by atoms with Gasteiger partial charge in [0.1, 0.15) is 16.7 Å². The average Bonchev–Trinajstić information content (AvgIpc) is 3.22. The summed E-state index contributed by atoms with van der Waals surface area (Å²) in [4.78, 5) is 0. The second kappa shape index (κ2) is 5.63. The minimum atomic E-state index is -0.703. The SMILES string of the molecule is CC(CO)(CO)NCc1ccc2c(c1)oc1ccc3occc3c12. The lowest BCUT2D eigenvalue weighted by atomic mass is 10.0. The number of fused-ring (bicyclic) bond motifs is 5. The van der Waals surface area contributed by atoms with Crippen LogP contribution in [0.25, 0.3) is 32.9 Å². The van der Waals surface area contributed by atoms with Crippen molar-refractivity contribution in [2.75, 3.05) is 13.2 Å². The third-order valence-electron chi connectivity index (χ3n) is 4.55. The molecule has 0 aliphatic carbocycles. The van der Waals surface area contributed by atoms with E-state index in [-0.39, 0.29) is 13.2 Å². The third kappa shape index (κ3) is 2.38. The van der Waals surface area contributed by atoms with Gasteiger partial charge in [0.25, 0.3) is 0 Å². The molecule has 0 saturated carbocycles. The van der Waals surface area contributed by atoms with Crippen molar-refractivity contribution in [1.29, 1.82) is 0 Å². The van der Waals surface area contributed by atoms with Gasteiger partial charge < -0.3 is 24.4 Å². The molecule has 0 bridgehead atoms. The molecule has 0 saturated heterocycles. The molecule has 5 heteroatoms. The maximum Gasteiger partial charge on any atom is 0.136 e. The fourth-order valence-electron chi connectivity index (χ4n) is 2.95. The summed E-state index contributed by atoms with van der Waals surface area (Å²) in [7, 11) is 0. The minimum Gasteiger partial charge on any atom is -0.464 e. The molecule has 24 heavy (non-hydrogen) atoms. The van der Waals surface area contributed by atoms with Crippen LogP contribution in [0.1, 0.15) is 12.5 Å². The molecule has 0 fully saturated rings. The molecule has 0 unspecified atom stereocenters. The van der Waals surface area contributed by atoms with Crippen molar-refractivity contribution in [2.45, 2.75) is 19.0 Å². The lowest BCUT2D eigenvalue weighted by molar-refractivity contribution is 0.103. The molecular weight excluding hydrogens is 306 g/mol. The van der Waals surface area contributed by atoms with E-state index in [1.165, 1.54) is 0 Å². The Hall–Kier alpha value is -2.34. The van der Waals surface area contributed by atoms with E-state index >= 15 is 0 Å². The number of hydrogen-bond donors (Lipinski definition) is 3. The van der Waals surface area contributed by atoms with Crippen LogP contribution in [0.3, 0.4) is 0 Å². The molecule has 4 aromatic rings. The number of furan rings is 2. The summed E-state index contributed by atoms with van der Waals surface area (Å²) in [6.45, 7) is 2.05. The van der Waals surface area contributed by atoms with E-state index in [4.69, 9.17) is 8.83 Å². The molecule has 0 radical (unpaired) electrons. The highest BCUT2D eigenvalue weighted by molar-refractivity contribution is 6.17. The van der Waals surface area contributed by atoms with Gasteiger partial charge >= 0.3 is 0 Å². The van der Waals surface area contributed by atoms with E-state index < -0.39 is 5.54 Å². The highest BCUT2D eigenvalue weighted by atomic mass is 16.3. The standard InChI is InChI=1S/C19H19NO4/c1-19(10-21,11-22)20-9-12-2-3-13-17(8-12)24-16-5-4-15-14(18(13)16)6-7-23-15/h2-8,20-22H,9-11H2,1H3. The first-order chi connectivity index (χ1) is 11.6. The van der Waals surface area contributed by atoms with Crippen molar-refractivity contribution in [3.8, 4) is 0 Å². The third-order valence-corrected chi connectivity index (χ3v) is 4.55. The van der Waals surface area contributed by atoms with E-state index in [2.05, 4.69) is 5.32 Å². The zero-order chi connectivity index (χ0) is 16.7. The van der Waals surface area contributed by atoms with Crippen molar-refractivity contribution < 1.29 is 19.0 Å². The monoisotopic (exact) mass is 325 g/mol. The topological polar surface area (TPSA) is 78.8 Å². The quantitative estimate of drug-likeness (QED) is 0.525. The number of hydrogen-bond acceptors (Lipinski definition) is 5. The molecule has 124 valence electrons. The van der Waals surface area contributed by atoms with E-state index in [0.29, 0.717) is 6.54 Å². The number of nitrogens with one attached hydrogen (secondary N) is 1. The Kier molecular flexibility index (Phi) is 3.57. The van der Waals surface area contributed by atoms with Gasteiger partial charge in [-0.05, 0) is 36.8 Å². The number of rotatable bonds is 5. The lowest BCUT2D eigenvalue weighted by Crippen LogP contribution is -2.48. The second-order valence-electron chi connectivity index (χ2n) is 6.43. The molecule has 4 rings (SSSR count). The second-order valence-corrected chi connectivity index (χ2v) is 6.43. The van der Waals surface area contributed by atoms with Crippen molar-refractivity contribution >= 4 is 32.9 Å². The Morgan fingerprint density at radius 1 is 0.958 bits per heavy atom. The van der Waals surface area contributed by atoms with E-state index in [0.717, 1.165) is 38.5 Å². The van der Waals surface area contributed by atoms with Gasteiger partial charge in [-0.3, -0.25) is 0 Å². The highest BCUT2D eigenvalue weighted by Gasteiger charge is 2.21. The molecule has 0 aliphatic heterocycles. The summed E-state index contributed by atoms with van der Waals surface area (Å²) in [6, 6.07) is 11.8. The first-order valence-electron chi connectivity index (χ1n) is 7.92. The van der Waals surface area contributed by atoms with Gasteiger partial charge in [0.15, 0.2) is 0 Å². The highest BCUT2D eigenvalue weighted by Crippen LogP contribution is 2.35. The Balaban J connectivity index is 1.75. The number of benzene rings is 2. The van der Waals surface area contributed by atoms with E-state index in [9.17, 15) is 10.2 Å². The molecule has 3 N–H and O–H groups in total. The van der Waals surface area contributed by atoms with Gasteiger partial charge in [0, 0.05) is 22.7 Å². The zero-order valence-corrected chi connectivity index (χ0v) is 13.4. The summed E-state index contributed by atoms with van der Waals surface area (Å²) in [6.07, 6.45) is 1.69. The van der Waals surface area contributed by atoms with Crippen LogP contribution in [-0.2, 0) is 6.54 Å². The largest absolute Gasteiger partial charge is 0.464 e. The van der Waals surface area contributed by atoms with Crippen molar-refractivity contribution in [3.63, 3.8) is 0 Å². The smallest absolute Gasteiger partial charge is 0.136 e. The molecule has 0 aliphatic rings. The number of aliphatic hydroxyl groups excluding tert-OH is 2. The van der Waals surface area contributed by atoms with Crippen LogP contribution < -0.4 is 5.32 Å². The first-order valence-corrected chi connectivity index (χ1v) is 7.92. The maximum absolute atomic E-state index is 9.36. The predicted octanol–water partition coefficient (Wildman–Crippen LogP) is 3.17. The Morgan fingerprint density at radius 3 is 2.50 bits per heavy atom. The van der Waals surface area contributed by atoms with Crippen LogP contribution in [0.2, 0.25) is 0 Å². The molecule has 2 heterocycles. The molecule has 0 spiro atoms. The zero-order valence-electron chi connectivity index (χ0n) is 13.4. The molecule has 0 amide bonds. The van der Waals surface area contributed by atoms with Gasteiger partial charge in [-0.1, -0.05) is 12.1 Å². The number of aliphatic hydroxyl groups is 2. The van der Waals surface area contributed by atoms with Gasteiger partial charge in [-0.2, -0.15) is 0 Å². The van der Waals surface area contributed by atoms with Gasteiger partial charge in [0.2, 0.25) is 0 Å². The Bertz CT molecular complexity index is 1010. The molecule has 0 atom stereocenters. The van der Waals surface area contributed by atoms with Crippen LogP contribution in [0, 0.1) is 0 Å². The Labute approximate surface area is 138 Å². The van der Waals surface area contributed by atoms with Crippen LogP contribution in [0.15, 0.2) is 51.5 Å². The lowest BCUT2D eigenvalue weighted by Gasteiger charge is -2.26. The van der Waals surface area contributed by atoms with Gasteiger partial charge in [0.05, 0.1) is 25.0 Å². The summed E-state index contributed by atoms with van der Waals surface area (Å²) in [5, 5.41) is 25.1. The van der Waals surface area contributed by atoms with Crippen molar-refractivity contribution in [2.24, 2.45) is 0 Å². The van der Waals surface area contributed by atoms with E-state index in [1.54, 1.807) is 13.2 Å². The summed E-state index contributed by atoms with van der Waals surface area (Å²) >= 11 is 0. The van der Waals surface area contributed by atoms with Crippen LogP contribution in [-0.4, -0.2) is 29.0 Å². The maximum atomic E-state index is 9.36. The average molecular weight is 325 g/mol. The van der Waals surface area contributed by atoms with E-state index in [1.807, 2.05) is 36.4 Å². The van der Waals surface area contributed by atoms with Crippen LogP contribution in [0.4, 0.5) is 0 Å².